The summed E-state index contributed by atoms with van der Waals surface area (Å²) in [5.74, 6) is 1.12. The highest BCUT2D eigenvalue weighted by atomic mass is 16.5. The van der Waals surface area contributed by atoms with Crippen molar-refractivity contribution in [2.45, 2.75) is 0 Å². The summed E-state index contributed by atoms with van der Waals surface area (Å²) in [5.41, 5.74) is 1.24. The van der Waals surface area contributed by atoms with Crippen molar-refractivity contribution < 1.29 is 14.3 Å². The Bertz CT molecular complexity index is 837. The molecule has 0 saturated carbocycles. The molecule has 0 unspecified atom stereocenters. The van der Waals surface area contributed by atoms with E-state index in [1.165, 1.54) is 0 Å². The van der Waals surface area contributed by atoms with E-state index >= 15 is 0 Å². The topological polar surface area (TPSA) is 35.5 Å². The lowest BCUT2D eigenvalue weighted by molar-refractivity contribution is 0.103. The van der Waals surface area contributed by atoms with Gasteiger partial charge in [-0.15, -0.1) is 0 Å². The predicted octanol–water partition coefficient (Wildman–Crippen LogP) is 4.09. The van der Waals surface area contributed by atoms with Crippen molar-refractivity contribution in [1.29, 1.82) is 0 Å². The van der Waals surface area contributed by atoms with Crippen LogP contribution < -0.4 is 9.47 Å². The highest BCUT2D eigenvalue weighted by Gasteiger charge is 2.13. The van der Waals surface area contributed by atoms with E-state index in [-0.39, 0.29) is 5.78 Å². The van der Waals surface area contributed by atoms with E-state index < -0.39 is 0 Å². The highest BCUT2D eigenvalue weighted by molar-refractivity contribution is 6.11. The van der Waals surface area contributed by atoms with Gasteiger partial charge in [-0.05, 0) is 35.0 Å². The molecule has 3 nitrogen and oxygen atoms in total. The molecule has 0 fully saturated rings. The van der Waals surface area contributed by atoms with Crippen LogP contribution in [0.4, 0.5) is 0 Å². The number of hydrogen-bond acceptors (Lipinski definition) is 3. The van der Waals surface area contributed by atoms with Crippen LogP contribution in [0, 0.1) is 0 Å². The molecule has 0 heterocycles. The fourth-order valence-corrected chi connectivity index (χ4v) is 2.47. The fourth-order valence-electron chi connectivity index (χ4n) is 2.47. The first-order chi connectivity index (χ1) is 10.7. The number of ketones is 1. The first kappa shape index (κ1) is 14.1. The average Bonchev–Trinajstić information content (AvgIpc) is 2.60. The third-order valence-corrected chi connectivity index (χ3v) is 3.66. The molecule has 0 saturated heterocycles. The van der Waals surface area contributed by atoms with Crippen molar-refractivity contribution >= 4 is 16.6 Å². The van der Waals surface area contributed by atoms with Crippen LogP contribution in [0.2, 0.25) is 0 Å². The Morgan fingerprint density at radius 3 is 2.09 bits per heavy atom. The summed E-state index contributed by atoms with van der Waals surface area (Å²) in [7, 11) is 3.13. The second kappa shape index (κ2) is 5.90. The number of rotatable bonds is 4. The van der Waals surface area contributed by atoms with Crippen molar-refractivity contribution in [3.63, 3.8) is 0 Å². The van der Waals surface area contributed by atoms with E-state index in [1.807, 2.05) is 42.5 Å². The number of benzene rings is 3. The Kier molecular flexibility index (Phi) is 3.79. The number of methoxy groups -OCH3 is 2. The van der Waals surface area contributed by atoms with Crippen molar-refractivity contribution in [2.24, 2.45) is 0 Å². The largest absolute Gasteiger partial charge is 0.493 e. The Hall–Kier alpha value is -2.81. The van der Waals surface area contributed by atoms with Crippen LogP contribution in [0.25, 0.3) is 10.8 Å². The molecule has 0 aliphatic rings. The van der Waals surface area contributed by atoms with Gasteiger partial charge in [-0.1, -0.05) is 36.4 Å². The molecule has 3 heteroatoms. The van der Waals surface area contributed by atoms with Crippen LogP contribution in [-0.2, 0) is 0 Å². The van der Waals surface area contributed by atoms with Gasteiger partial charge in [-0.3, -0.25) is 4.79 Å². The molecule has 3 aromatic carbocycles. The lowest BCUT2D eigenvalue weighted by atomic mass is 10.00. The maximum absolute atomic E-state index is 12.7. The Labute approximate surface area is 129 Å². The van der Waals surface area contributed by atoms with Gasteiger partial charge in [0.05, 0.1) is 14.2 Å². The number of carbonyl (C=O) groups excluding carboxylic acids is 1. The average molecular weight is 292 g/mol. The van der Waals surface area contributed by atoms with Crippen molar-refractivity contribution in [3.8, 4) is 11.5 Å². The van der Waals surface area contributed by atoms with Crippen LogP contribution in [0.3, 0.4) is 0 Å². The zero-order valence-electron chi connectivity index (χ0n) is 12.5. The molecule has 0 spiro atoms. The van der Waals surface area contributed by atoms with Crippen molar-refractivity contribution in [1.82, 2.24) is 0 Å². The van der Waals surface area contributed by atoms with E-state index in [0.717, 1.165) is 10.8 Å². The van der Waals surface area contributed by atoms with Gasteiger partial charge in [-0.25, -0.2) is 0 Å². The third-order valence-electron chi connectivity index (χ3n) is 3.66. The Morgan fingerprint density at radius 1 is 0.727 bits per heavy atom. The molecular formula is C19H16O3. The Morgan fingerprint density at radius 2 is 1.36 bits per heavy atom. The molecule has 0 aliphatic heterocycles. The van der Waals surface area contributed by atoms with E-state index in [0.29, 0.717) is 22.6 Å². The molecule has 110 valence electrons. The second-order valence-electron chi connectivity index (χ2n) is 4.96. The number of hydrogen-bond donors (Lipinski definition) is 0. The quantitative estimate of drug-likeness (QED) is 0.679. The molecule has 0 radical (unpaired) electrons. The molecule has 22 heavy (non-hydrogen) atoms. The van der Waals surface area contributed by atoms with E-state index in [2.05, 4.69) is 0 Å². The van der Waals surface area contributed by atoms with E-state index in [4.69, 9.17) is 9.47 Å². The first-order valence-electron chi connectivity index (χ1n) is 6.98. The molecule has 0 atom stereocenters. The minimum absolute atomic E-state index is 0.0355. The smallest absolute Gasteiger partial charge is 0.193 e. The summed E-state index contributed by atoms with van der Waals surface area (Å²) in [6, 6.07) is 18.9. The van der Waals surface area contributed by atoms with Gasteiger partial charge in [0.25, 0.3) is 0 Å². The lowest BCUT2D eigenvalue weighted by Crippen LogP contribution is -2.02. The van der Waals surface area contributed by atoms with Crippen LogP contribution in [-0.4, -0.2) is 20.0 Å². The lowest BCUT2D eigenvalue weighted by Gasteiger charge is -2.09. The maximum atomic E-state index is 12.7. The minimum Gasteiger partial charge on any atom is -0.493 e. The molecule has 0 bridgehead atoms. The highest BCUT2D eigenvalue weighted by Crippen LogP contribution is 2.29. The monoisotopic (exact) mass is 292 g/mol. The van der Waals surface area contributed by atoms with Crippen molar-refractivity contribution in [3.05, 3.63) is 71.8 Å². The summed E-state index contributed by atoms with van der Waals surface area (Å²) < 4.78 is 10.5. The van der Waals surface area contributed by atoms with Crippen LogP contribution >= 0.6 is 0 Å². The van der Waals surface area contributed by atoms with Gasteiger partial charge in [0, 0.05) is 11.1 Å². The molecule has 3 rings (SSSR count). The van der Waals surface area contributed by atoms with Crippen LogP contribution in [0.15, 0.2) is 60.7 Å². The second-order valence-corrected chi connectivity index (χ2v) is 4.96. The molecule has 0 amide bonds. The van der Waals surface area contributed by atoms with Crippen molar-refractivity contribution in [2.75, 3.05) is 14.2 Å². The predicted molar refractivity (Wildman–Crippen MR) is 86.9 cm³/mol. The zero-order valence-corrected chi connectivity index (χ0v) is 12.5. The van der Waals surface area contributed by atoms with Crippen LogP contribution in [0.1, 0.15) is 15.9 Å². The maximum Gasteiger partial charge on any atom is 0.193 e. The standard InChI is InChI=1S/C19H16O3/c1-21-17-10-9-16(12-18(17)22-2)19(20)15-8-7-13-5-3-4-6-14(13)11-15/h3-12H,1-2H3. The molecule has 0 N–H and O–H groups in total. The van der Waals surface area contributed by atoms with Gasteiger partial charge >= 0.3 is 0 Å². The molecular weight excluding hydrogens is 276 g/mol. The Balaban J connectivity index is 2.01. The normalized spacial score (nSPS) is 10.5. The molecule has 0 aliphatic carbocycles. The summed E-state index contributed by atoms with van der Waals surface area (Å²) in [5, 5.41) is 2.17. The van der Waals surface area contributed by atoms with Gasteiger partial charge < -0.3 is 9.47 Å². The third kappa shape index (κ3) is 2.53. The minimum atomic E-state index is -0.0355. The summed E-state index contributed by atoms with van der Waals surface area (Å²) in [4.78, 5) is 12.7. The molecule has 3 aromatic rings. The first-order valence-corrected chi connectivity index (χ1v) is 6.98. The number of carbonyl (C=O) groups is 1. The van der Waals surface area contributed by atoms with E-state index in [1.54, 1.807) is 32.4 Å². The van der Waals surface area contributed by atoms with Crippen LogP contribution in [0.5, 0.6) is 11.5 Å². The summed E-state index contributed by atoms with van der Waals surface area (Å²) >= 11 is 0. The fraction of sp³-hybridized carbons (Fsp3) is 0.105. The van der Waals surface area contributed by atoms with Gasteiger partial charge in [-0.2, -0.15) is 0 Å². The van der Waals surface area contributed by atoms with Gasteiger partial charge in [0.15, 0.2) is 17.3 Å². The zero-order chi connectivity index (χ0) is 15.5. The van der Waals surface area contributed by atoms with Gasteiger partial charge in [0.1, 0.15) is 0 Å². The SMILES string of the molecule is COc1ccc(C(=O)c2ccc3ccccc3c2)cc1OC. The summed E-state index contributed by atoms with van der Waals surface area (Å²) in [6.45, 7) is 0. The molecule has 0 aromatic heterocycles. The van der Waals surface area contributed by atoms with Gasteiger partial charge in [0.2, 0.25) is 0 Å². The van der Waals surface area contributed by atoms with E-state index in [9.17, 15) is 4.79 Å². The number of ether oxygens (including phenoxy) is 2. The number of fused-ring (bicyclic) bond motifs is 1. The summed E-state index contributed by atoms with van der Waals surface area (Å²) in [6.07, 6.45) is 0.